The standard InChI is InChI=1S/C15H36O4Si2/c1-9-16-21(17-10-2,18-11-3)14-12-13-19-20(7,8)15(4,5)6/h9-14H2,1-8H3. The van der Waals surface area contributed by atoms with E-state index in [4.69, 9.17) is 17.7 Å². The van der Waals surface area contributed by atoms with Crippen molar-refractivity contribution in [2.24, 2.45) is 0 Å². The van der Waals surface area contributed by atoms with Crippen LogP contribution >= 0.6 is 0 Å². The van der Waals surface area contributed by atoms with Crippen LogP contribution in [0.15, 0.2) is 0 Å². The van der Waals surface area contributed by atoms with Gasteiger partial charge in [0.25, 0.3) is 0 Å². The molecule has 0 heterocycles. The molecule has 0 aromatic carbocycles. The second-order valence-electron chi connectivity index (χ2n) is 6.69. The van der Waals surface area contributed by atoms with Crippen molar-refractivity contribution in [3.8, 4) is 0 Å². The molecule has 0 amide bonds. The molecule has 0 atom stereocenters. The Balaban J connectivity index is 4.43. The first-order valence-corrected chi connectivity index (χ1v) is 13.0. The summed E-state index contributed by atoms with van der Waals surface area (Å²) in [6.07, 6.45) is 0.929. The molecule has 128 valence electrons. The maximum atomic E-state index is 6.22. The van der Waals surface area contributed by atoms with Gasteiger partial charge in [-0.2, -0.15) is 0 Å². The predicted octanol–water partition coefficient (Wildman–Crippen LogP) is 4.45. The van der Waals surface area contributed by atoms with Gasteiger partial charge in [0.2, 0.25) is 0 Å². The molecule has 0 bridgehead atoms. The molecule has 4 nitrogen and oxygen atoms in total. The fourth-order valence-corrected chi connectivity index (χ4v) is 5.50. The Bertz CT molecular complexity index is 260. The van der Waals surface area contributed by atoms with Gasteiger partial charge in [0, 0.05) is 32.5 Å². The highest BCUT2D eigenvalue weighted by atomic mass is 28.4. The third-order valence-electron chi connectivity index (χ3n) is 3.99. The molecule has 0 aliphatic heterocycles. The molecule has 0 aliphatic rings. The van der Waals surface area contributed by atoms with Crippen molar-refractivity contribution in [2.75, 3.05) is 26.4 Å². The molecule has 0 fully saturated rings. The maximum Gasteiger partial charge on any atom is 0.501 e. The summed E-state index contributed by atoms with van der Waals surface area (Å²) in [7, 11) is -4.17. The Morgan fingerprint density at radius 2 is 1.19 bits per heavy atom. The molecule has 0 aromatic heterocycles. The van der Waals surface area contributed by atoms with E-state index in [9.17, 15) is 0 Å². The normalized spacial score (nSPS) is 13.7. The van der Waals surface area contributed by atoms with Crippen LogP contribution in [0.1, 0.15) is 48.0 Å². The highest BCUT2D eigenvalue weighted by Gasteiger charge is 2.41. The lowest BCUT2D eigenvalue weighted by Crippen LogP contribution is -2.46. The summed E-state index contributed by atoms with van der Waals surface area (Å²) in [5, 5.41) is 0.251. The van der Waals surface area contributed by atoms with Gasteiger partial charge in [-0.3, -0.25) is 0 Å². The molecule has 6 heteroatoms. The quantitative estimate of drug-likeness (QED) is 0.413. The minimum Gasteiger partial charge on any atom is -0.417 e. The van der Waals surface area contributed by atoms with E-state index in [2.05, 4.69) is 33.9 Å². The van der Waals surface area contributed by atoms with Gasteiger partial charge < -0.3 is 17.7 Å². The zero-order valence-electron chi connectivity index (χ0n) is 15.4. The van der Waals surface area contributed by atoms with Crippen molar-refractivity contribution in [3.63, 3.8) is 0 Å². The summed E-state index contributed by atoms with van der Waals surface area (Å²) in [6, 6.07) is 0.830. The number of hydrogen-bond donors (Lipinski definition) is 0. The molecule has 0 saturated carbocycles. The summed E-state index contributed by atoms with van der Waals surface area (Å²) < 4.78 is 23.8. The van der Waals surface area contributed by atoms with Crippen LogP contribution in [0.3, 0.4) is 0 Å². The average Bonchev–Trinajstić information content (AvgIpc) is 2.34. The highest BCUT2D eigenvalue weighted by Crippen LogP contribution is 2.36. The van der Waals surface area contributed by atoms with E-state index in [-0.39, 0.29) is 5.04 Å². The van der Waals surface area contributed by atoms with Gasteiger partial charge in [-0.05, 0) is 45.3 Å². The van der Waals surface area contributed by atoms with Crippen LogP contribution in [0.25, 0.3) is 0 Å². The molecular formula is C15H36O4Si2. The fourth-order valence-electron chi connectivity index (χ4n) is 1.83. The largest absolute Gasteiger partial charge is 0.501 e. The first kappa shape index (κ1) is 21.3. The first-order chi connectivity index (χ1) is 9.64. The van der Waals surface area contributed by atoms with Crippen molar-refractivity contribution in [2.45, 2.75) is 72.1 Å². The van der Waals surface area contributed by atoms with Crippen LogP contribution in [0, 0.1) is 0 Å². The van der Waals surface area contributed by atoms with Crippen molar-refractivity contribution < 1.29 is 17.7 Å². The third kappa shape index (κ3) is 7.39. The minimum atomic E-state index is -2.50. The summed E-state index contributed by atoms with van der Waals surface area (Å²) >= 11 is 0. The van der Waals surface area contributed by atoms with Gasteiger partial charge in [-0.1, -0.05) is 20.8 Å². The van der Waals surface area contributed by atoms with E-state index in [0.29, 0.717) is 19.8 Å². The monoisotopic (exact) mass is 336 g/mol. The van der Waals surface area contributed by atoms with Crippen molar-refractivity contribution in [3.05, 3.63) is 0 Å². The van der Waals surface area contributed by atoms with Crippen molar-refractivity contribution >= 4 is 17.1 Å². The molecule has 0 saturated heterocycles. The summed E-state index contributed by atoms with van der Waals surface area (Å²) in [6.45, 7) is 20.0. The first-order valence-electron chi connectivity index (χ1n) is 8.20. The lowest BCUT2D eigenvalue weighted by atomic mass is 10.2. The van der Waals surface area contributed by atoms with Gasteiger partial charge in [-0.25, -0.2) is 0 Å². The van der Waals surface area contributed by atoms with Crippen molar-refractivity contribution in [1.29, 1.82) is 0 Å². The van der Waals surface area contributed by atoms with Crippen LogP contribution < -0.4 is 0 Å². The topological polar surface area (TPSA) is 36.9 Å². The predicted molar refractivity (Wildman–Crippen MR) is 93.2 cm³/mol. The summed E-state index contributed by atoms with van der Waals surface area (Å²) in [4.78, 5) is 0. The zero-order valence-corrected chi connectivity index (χ0v) is 17.4. The van der Waals surface area contributed by atoms with E-state index in [1.165, 1.54) is 0 Å². The molecular weight excluding hydrogens is 300 g/mol. The van der Waals surface area contributed by atoms with E-state index in [1.807, 2.05) is 20.8 Å². The van der Waals surface area contributed by atoms with E-state index < -0.39 is 17.1 Å². The van der Waals surface area contributed by atoms with E-state index >= 15 is 0 Å². The van der Waals surface area contributed by atoms with E-state index in [0.717, 1.165) is 19.1 Å². The summed E-state index contributed by atoms with van der Waals surface area (Å²) in [5.41, 5.74) is 0. The van der Waals surface area contributed by atoms with Gasteiger partial charge in [0.05, 0.1) is 0 Å². The molecule has 0 unspecified atom stereocenters. The van der Waals surface area contributed by atoms with Crippen LogP contribution in [0.4, 0.5) is 0 Å². The second-order valence-corrected chi connectivity index (χ2v) is 14.2. The average molecular weight is 337 g/mol. The Labute approximate surface area is 134 Å². The smallest absolute Gasteiger partial charge is 0.417 e. The zero-order chi connectivity index (χ0) is 16.6. The molecule has 0 spiro atoms. The molecule has 0 N–H and O–H groups in total. The Morgan fingerprint density at radius 3 is 1.52 bits per heavy atom. The van der Waals surface area contributed by atoms with E-state index in [1.54, 1.807) is 0 Å². The van der Waals surface area contributed by atoms with Gasteiger partial charge in [-0.15, -0.1) is 0 Å². The lowest BCUT2D eigenvalue weighted by Gasteiger charge is -2.36. The Morgan fingerprint density at radius 1 is 0.762 bits per heavy atom. The SMILES string of the molecule is CCO[Si](CCCO[Si](C)(C)C(C)(C)C)(OCC)OCC. The third-order valence-corrected chi connectivity index (χ3v) is 11.7. The van der Waals surface area contributed by atoms with Crippen LogP contribution in [-0.2, 0) is 17.7 Å². The van der Waals surface area contributed by atoms with Crippen molar-refractivity contribution in [1.82, 2.24) is 0 Å². The van der Waals surface area contributed by atoms with Crippen LogP contribution in [0.2, 0.25) is 24.2 Å². The Hall–Kier alpha value is 0.274. The van der Waals surface area contributed by atoms with Gasteiger partial charge >= 0.3 is 8.80 Å². The minimum absolute atomic E-state index is 0.251. The summed E-state index contributed by atoms with van der Waals surface area (Å²) in [5.74, 6) is 0. The maximum absolute atomic E-state index is 6.22. The second kappa shape index (κ2) is 9.42. The highest BCUT2D eigenvalue weighted by molar-refractivity contribution is 6.74. The number of rotatable bonds is 11. The van der Waals surface area contributed by atoms with Crippen LogP contribution in [-0.4, -0.2) is 43.5 Å². The van der Waals surface area contributed by atoms with Crippen LogP contribution in [0.5, 0.6) is 0 Å². The lowest BCUT2D eigenvalue weighted by molar-refractivity contribution is 0.0695. The molecule has 0 radical (unpaired) electrons. The molecule has 0 aromatic rings. The number of hydrogen-bond acceptors (Lipinski definition) is 4. The Kier molecular flexibility index (Phi) is 9.54. The molecule has 0 rings (SSSR count). The fraction of sp³-hybridized carbons (Fsp3) is 1.00. The molecule has 0 aliphatic carbocycles. The van der Waals surface area contributed by atoms with Gasteiger partial charge in [0.15, 0.2) is 8.32 Å². The molecule has 21 heavy (non-hydrogen) atoms. The van der Waals surface area contributed by atoms with Gasteiger partial charge in [0.1, 0.15) is 0 Å².